The van der Waals surface area contributed by atoms with E-state index in [1.165, 1.54) is 13.3 Å². The largest absolute Gasteiger partial charge is 0.469 e. The number of esters is 1. The summed E-state index contributed by atoms with van der Waals surface area (Å²) in [5.41, 5.74) is 0.491. The maximum atomic E-state index is 11.9. The van der Waals surface area contributed by atoms with Crippen LogP contribution in [0.3, 0.4) is 0 Å². The van der Waals surface area contributed by atoms with Gasteiger partial charge in [0.1, 0.15) is 0 Å². The monoisotopic (exact) mass is 285 g/mol. The lowest BCUT2D eigenvalue weighted by Crippen LogP contribution is -2.16. The summed E-state index contributed by atoms with van der Waals surface area (Å²) in [7, 11) is 1.31. The van der Waals surface area contributed by atoms with Crippen molar-refractivity contribution in [1.29, 1.82) is 0 Å². The predicted molar refractivity (Wildman–Crippen MR) is 62.1 cm³/mol. The summed E-state index contributed by atoms with van der Waals surface area (Å²) in [6.45, 7) is 1.69. The van der Waals surface area contributed by atoms with Crippen molar-refractivity contribution in [2.75, 3.05) is 7.11 Å². The molecule has 1 atom stereocenters. The second-order valence-electron chi connectivity index (χ2n) is 3.44. The van der Waals surface area contributed by atoms with Gasteiger partial charge in [0.15, 0.2) is 5.78 Å². The van der Waals surface area contributed by atoms with Gasteiger partial charge in [0.2, 0.25) is 0 Å². The van der Waals surface area contributed by atoms with Crippen molar-refractivity contribution in [2.24, 2.45) is 5.92 Å². The van der Waals surface area contributed by atoms with E-state index in [4.69, 9.17) is 0 Å². The van der Waals surface area contributed by atoms with Gasteiger partial charge in [-0.3, -0.25) is 14.6 Å². The molecule has 0 saturated heterocycles. The van der Waals surface area contributed by atoms with Crippen LogP contribution in [0.25, 0.3) is 0 Å². The highest BCUT2D eigenvalue weighted by molar-refractivity contribution is 9.10. The third-order valence-electron chi connectivity index (χ3n) is 2.14. The average Bonchev–Trinajstić information content (AvgIpc) is 2.27. The molecule has 1 aromatic rings. The van der Waals surface area contributed by atoms with Crippen LogP contribution in [-0.2, 0) is 9.53 Å². The molecule has 0 aromatic carbocycles. The fourth-order valence-corrected chi connectivity index (χ4v) is 1.62. The maximum absolute atomic E-state index is 11.9. The third kappa shape index (κ3) is 3.41. The Morgan fingerprint density at radius 3 is 2.75 bits per heavy atom. The first-order valence-electron chi connectivity index (χ1n) is 4.76. The van der Waals surface area contributed by atoms with Gasteiger partial charge >= 0.3 is 5.97 Å². The minimum absolute atomic E-state index is 0.0852. The van der Waals surface area contributed by atoms with Gasteiger partial charge < -0.3 is 4.74 Å². The lowest BCUT2D eigenvalue weighted by Gasteiger charge is -2.08. The van der Waals surface area contributed by atoms with Gasteiger partial charge in [-0.2, -0.15) is 0 Å². The molecule has 0 aliphatic rings. The van der Waals surface area contributed by atoms with E-state index in [9.17, 15) is 9.59 Å². The topological polar surface area (TPSA) is 56.3 Å². The SMILES string of the molecule is COC(=O)CC(C)C(=O)c1cncc(Br)c1. The van der Waals surface area contributed by atoms with Crippen molar-refractivity contribution in [3.63, 3.8) is 0 Å². The highest BCUT2D eigenvalue weighted by Crippen LogP contribution is 2.15. The Morgan fingerprint density at radius 2 is 2.19 bits per heavy atom. The van der Waals surface area contributed by atoms with Gasteiger partial charge in [0.25, 0.3) is 0 Å². The number of carbonyl (C=O) groups is 2. The van der Waals surface area contributed by atoms with E-state index < -0.39 is 5.92 Å². The number of methoxy groups -OCH3 is 1. The summed E-state index contributed by atoms with van der Waals surface area (Å²) >= 11 is 3.24. The minimum Gasteiger partial charge on any atom is -0.469 e. The number of hydrogen-bond donors (Lipinski definition) is 0. The summed E-state index contributed by atoms with van der Waals surface area (Å²) < 4.78 is 5.25. The zero-order chi connectivity index (χ0) is 12.1. The second kappa shape index (κ2) is 5.75. The average molecular weight is 286 g/mol. The number of rotatable bonds is 4. The van der Waals surface area contributed by atoms with Gasteiger partial charge in [-0.05, 0) is 22.0 Å². The van der Waals surface area contributed by atoms with Crippen LogP contribution in [0.4, 0.5) is 0 Å². The van der Waals surface area contributed by atoms with Crippen LogP contribution in [0.15, 0.2) is 22.9 Å². The summed E-state index contributed by atoms with van der Waals surface area (Å²) in [5.74, 6) is -0.897. The molecule has 0 fully saturated rings. The number of ketones is 1. The molecule has 0 amide bonds. The van der Waals surface area contributed by atoms with Crippen LogP contribution in [0.1, 0.15) is 23.7 Å². The number of nitrogens with zero attached hydrogens (tertiary/aromatic N) is 1. The Kier molecular flexibility index (Phi) is 4.61. The van der Waals surface area contributed by atoms with E-state index in [1.54, 1.807) is 19.2 Å². The van der Waals surface area contributed by atoms with Crippen LogP contribution in [0.2, 0.25) is 0 Å². The van der Waals surface area contributed by atoms with E-state index in [-0.39, 0.29) is 18.2 Å². The number of hydrogen-bond acceptors (Lipinski definition) is 4. The van der Waals surface area contributed by atoms with Gasteiger partial charge in [-0.15, -0.1) is 0 Å². The van der Waals surface area contributed by atoms with Crippen LogP contribution in [0, 0.1) is 5.92 Å². The Morgan fingerprint density at radius 1 is 1.50 bits per heavy atom. The number of Topliss-reactive ketones (excluding diaryl/α,β-unsaturated/α-hetero) is 1. The lowest BCUT2D eigenvalue weighted by molar-refractivity contribution is -0.141. The molecule has 0 N–H and O–H groups in total. The quantitative estimate of drug-likeness (QED) is 0.629. The second-order valence-corrected chi connectivity index (χ2v) is 4.35. The van der Waals surface area contributed by atoms with E-state index in [2.05, 4.69) is 25.7 Å². The summed E-state index contributed by atoms with van der Waals surface area (Å²) in [4.78, 5) is 26.8. The molecule has 0 aliphatic carbocycles. The number of carbonyl (C=O) groups excluding carboxylic acids is 2. The molecular formula is C11H12BrNO3. The first-order valence-corrected chi connectivity index (χ1v) is 5.55. The van der Waals surface area contributed by atoms with Gasteiger partial charge in [0.05, 0.1) is 13.5 Å². The summed E-state index contributed by atoms with van der Waals surface area (Å²) in [6.07, 6.45) is 3.17. The Bertz CT molecular complexity index is 406. The summed E-state index contributed by atoms with van der Waals surface area (Å²) in [5, 5.41) is 0. The fourth-order valence-electron chi connectivity index (χ4n) is 1.26. The van der Waals surface area contributed by atoms with Crippen LogP contribution < -0.4 is 0 Å². The molecule has 1 heterocycles. The van der Waals surface area contributed by atoms with Crippen LogP contribution >= 0.6 is 15.9 Å². The molecule has 1 aromatic heterocycles. The van der Waals surface area contributed by atoms with E-state index in [0.29, 0.717) is 5.56 Å². The Labute approximate surface area is 102 Å². The number of aromatic nitrogens is 1. The van der Waals surface area contributed by atoms with Crippen LogP contribution in [-0.4, -0.2) is 23.8 Å². The third-order valence-corrected chi connectivity index (χ3v) is 2.57. The molecule has 0 radical (unpaired) electrons. The van der Waals surface area contributed by atoms with Crippen molar-refractivity contribution < 1.29 is 14.3 Å². The highest BCUT2D eigenvalue weighted by Gasteiger charge is 2.19. The van der Waals surface area contributed by atoms with Gasteiger partial charge in [-0.1, -0.05) is 6.92 Å². The van der Waals surface area contributed by atoms with Crippen molar-refractivity contribution in [2.45, 2.75) is 13.3 Å². The smallest absolute Gasteiger partial charge is 0.306 e. The molecule has 0 aliphatic heterocycles. The van der Waals surface area contributed by atoms with Crippen molar-refractivity contribution in [3.05, 3.63) is 28.5 Å². The molecule has 4 nitrogen and oxygen atoms in total. The number of halogens is 1. The Balaban J connectivity index is 2.74. The number of ether oxygens (including phenoxy) is 1. The number of pyridine rings is 1. The molecule has 0 spiro atoms. The maximum Gasteiger partial charge on any atom is 0.306 e. The Hall–Kier alpha value is -1.23. The zero-order valence-corrected chi connectivity index (χ0v) is 10.7. The van der Waals surface area contributed by atoms with Crippen LogP contribution in [0.5, 0.6) is 0 Å². The van der Waals surface area contributed by atoms with E-state index in [1.807, 2.05) is 0 Å². The zero-order valence-electron chi connectivity index (χ0n) is 9.07. The predicted octanol–water partition coefficient (Wildman–Crippen LogP) is 2.23. The van der Waals surface area contributed by atoms with Crippen molar-refractivity contribution in [1.82, 2.24) is 4.98 Å². The minimum atomic E-state index is -0.399. The van der Waals surface area contributed by atoms with Gasteiger partial charge in [-0.25, -0.2) is 0 Å². The van der Waals surface area contributed by atoms with E-state index >= 15 is 0 Å². The molecule has 0 saturated carbocycles. The molecule has 1 rings (SSSR count). The molecule has 0 bridgehead atoms. The molecule has 16 heavy (non-hydrogen) atoms. The highest BCUT2D eigenvalue weighted by atomic mass is 79.9. The first kappa shape index (κ1) is 12.8. The van der Waals surface area contributed by atoms with Gasteiger partial charge in [0, 0.05) is 28.3 Å². The fraction of sp³-hybridized carbons (Fsp3) is 0.364. The van der Waals surface area contributed by atoms with Crippen molar-refractivity contribution >= 4 is 27.7 Å². The normalized spacial score (nSPS) is 11.9. The first-order chi connectivity index (χ1) is 7.54. The van der Waals surface area contributed by atoms with E-state index in [0.717, 1.165) is 4.47 Å². The molecular weight excluding hydrogens is 274 g/mol. The summed E-state index contributed by atoms with van der Waals surface area (Å²) in [6, 6.07) is 1.68. The standard InChI is InChI=1S/C11H12BrNO3/c1-7(3-10(14)16-2)11(15)8-4-9(12)6-13-5-8/h4-7H,3H2,1-2H3. The molecule has 5 heteroatoms. The molecule has 86 valence electrons. The molecule has 1 unspecified atom stereocenters. The van der Waals surface area contributed by atoms with Crippen molar-refractivity contribution in [3.8, 4) is 0 Å². The lowest BCUT2D eigenvalue weighted by atomic mass is 9.98.